The molecular weight excluding hydrogens is 240 g/mol. The van der Waals surface area contributed by atoms with Gasteiger partial charge in [-0.3, -0.25) is 0 Å². The Bertz CT molecular complexity index is 573. The summed E-state index contributed by atoms with van der Waals surface area (Å²) in [5.41, 5.74) is 1.18. The molecular formula is C14H16N4O. The van der Waals surface area contributed by atoms with Gasteiger partial charge in [-0.15, -0.1) is 0 Å². The summed E-state index contributed by atoms with van der Waals surface area (Å²) in [6.07, 6.45) is 2.67. The first-order valence-corrected chi connectivity index (χ1v) is 6.36. The number of nitrogens with one attached hydrogen (secondary N) is 2. The number of anilines is 2. The lowest BCUT2D eigenvalue weighted by Gasteiger charge is -2.27. The van der Waals surface area contributed by atoms with E-state index in [4.69, 9.17) is 4.74 Å². The van der Waals surface area contributed by atoms with Crippen molar-refractivity contribution in [1.29, 1.82) is 0 Å². The minimum absolute atomic E-state index is 0.226. The van der Waals surface area contributed by atoms with Crippen LogP contribution in [0.3, 0.4) is 0 Å². The predicted octanol–water partition coefficient (Wildman–Crippen LogP) is 2.45. The van der Waals surface area contributed by atoms with Gasteiger partial charge in [0, 0.05) is 25.2 Å². The van der Waals surface area contributed by atoms with E-state index in [-0.39, 0.29) is 6.04 Å². The van der Waals surface area contributed by atoms with Crippen molar-refractivity contribution in [2.24, 2.45) is 0 Å². The Kier molecular flexibility index (Phi) is 3.18. The molecule has 2 heterocycles. The van der Waals surface area contributed by atoms with Gasteiger partial charge in [-0.2, -0.15) is 4.98 Å². The minimum Gasteiger partial charge on any atom is -0.493 e. The van der Waals surface area contributed by atoms with Crippen LogP contribution < -0.4 is 15.4 Å². The van der Waals surface area contributed by atoms with Gasteiger partial charge < -0.3 is 15.4 Å². The number of para-hydroxylation sites is 1. The van der Waals surface area contributed by atoms with E-state index in [2.05, 4.69) is 26.7 Å². The molecule has 0 saturated heterocycles. The maximum absolute atomic E-state index is 5.65. The summed E-state index contributed by atoms with van der Waals surface area (Å²) in [6, 6.07) is 10.2. The van der Waals surface area contributed by atoms with E-state index in [0.29, 0.717) is 5.95 Å². The number of hydrogen-bond donors (Lipinski definition) is 2. The predicted molar refractivity (Wildman–Crippen MR) is 74.5 cm³/mol. The lowest BCUT2D eigenvalue weighted by Crippen LogP contribution is -2.20. The Labute approximate surface area is 112 Å². The van der Waals surface area contributed by atoms with Gasteiger partial charge in [0.15, 0.2) is 0 Å². The first-order chi connectivity index (χ1) is 9.36. The molecule has 0 radical (unpaired) electrons. The normalized spacial score (nSPS) is 17.2. The third-order valence-corrected chi connectivity index (χ3v) is 3.16. The molecule has 5 nitrogen and oxygen atoms in total. The van der Waals surface area contributed by atoms with Crippen molar-refractivity contribution < 1.29 is 4.74 Å². The maximum atomic E-state index is 5.65. The van der Waals surface area contributed by atoms with Crippen LogP contribution in [0, 0.1) is 0 Å². The smallest absolute Gasteiger partial charge is 0.224 e. The number of rotatable bonds is 3. The molecule has 1 aromatic carbocycles. The summed E-state index contributed by atoms with van der Waals surface area (Å²) in [6.45, 7) is 0.721. The Morgan fingerprint density at radius 2 is 2.16 bits per heavy atom. The van der Waals surface area contributed by atoms with Crippen molar-refractivity contribution in [1.82, 2.24) is 9.97 Å². The van der Waals surface area contributed by atoms with E-state index < -0.39 is 0 Å². The monoisotopic (exact) mass is 256 g/mol. The van der Waals surface area contributed by atoms with Crippen LogP contribution >= 0.6 is 0 Å². The third kappa shape index (κ3) is 2.45. The molecule has 98 valence electrons. The Hall–Kier alpha value is -2.30. The topological polar surface area (TPSA) is 59.1 Å². The number of benzene rings is 1. The number of fused-ring (bicyclic) bond motifs is 1. The van der Waals surface area contributed by atoms with Crippen molar-refractivity contribution in [3.63, 3.8) is 0 Å². The fraction of sp³-hybridized carbons (Fsp3) is 0.286. The van der Waals surface area contributed by atoms with Gasteiger partial charge in [-0.05, 0) is 12.1 Å². The van der Waals surface area contributed by atoms with Crippen molar-refractivity contribution in [3.8, 4) is 5.75 Å². The molecule has 0 bridgehead atoms. The number of ether oxygens (including phenoxy) is 1. The zero-order valence-corrected chi connectivity index (χ0v) is 10.8. The molecule has 1 aromatic heterocycles. The average molecular weight is 256 g/mol. The highest BCUT2D eigenvalue weighted by Crippen LogP contribution is 2.33. The summed E-state index contributed by atoms with van der Waals surface area (Å²) in [5, 5.41) is 6.38. The lowest BCUT2D eigenvalue weighted by molar-refractivity contribution is 0.274. The fourth-order valence-corrected chi connectivity index (χ4v) is 2.23. The molecule has 1 aliphatic rings. The molecule has 1 aliphatic heterocycles. The highest BCUT2D eigenvalue weighted by atomic mass is 16.5. The molecule has 2 aromatic rings. The van der Waals surface area contributed by atoms with Gasteiger partial charge in [0.2, 0.25) is 5.95 Å². The van der Waals surface area contributed by atoms with Crippen LogP contribution in [0.4, 0.5) is 11.8 Å². The lowest BCUT2D eigenvalue weighted by atomic mass is 10.0. The van der Waals surface area contributed by atoms with Gasteiger partial charge in [0.05, 0.1) is 12.6 Å². The molecule has 1 atom stereocenters. The van der Waals surface area contributed by atoms with Crippen LogP contribution in [0.5, 0.6) is 5.75 Å². The van der Waals surface area contributed by atoms with E-state index in [1.807, 2.05) is 31.3 Å². The van der Waals surface area contributed by atoms with Crippen LogP contribution in [-0.2, 0) is 0 Å². The molecule has 1 unspecified atom stereocenters. The molecule has 19 heavy (non-hydrogen) atoms. The minimum atomic E-state index is 0.226. The standard InChI is InChI=1S/C14H16N4O/c1-15-14-16-8-6-13(18-14)17-11-7-9-19-12-5-3-2-4-10(11)12/h2-6,8,11H,7,9H2,1H3,(H2,15,16,17,18). The van der Waals surface area contributed by atoms with Gasteiger partial charge in [0.25, 0.3) is 0 Å². The molecule has 0 spiro atoms. The van der Waals surface area contributed by atoms with Crippen LogP contribution in [0.15, 0.2) is 36.5 Å². The Morgan fingerprint density at radius 3 is 3.05 bits per heavy atom. The van der Waals surface area contributed by atoms with Crippen molar-refractivity contribution in [2.45, 2.75) is 12.5 Å². The molecule has 0 amide bonds. The third-order valence-electron chi connectivity index (χ3n) is 3.16. The number of nitrogens with zero attached hydrogens (tertiary/aromatic N) is 2. The summed E-state index contributed by atoms with van der Waals surface area (Å²) in [7, 11) is 1.81. The second-order valence-corrected chi connectivity index (χ2v) is 4.39. The van der Waals surface area contributed by atoms with Crippen LogP contribution in [0.1, 0.15) is 18.0 Å². The van der Waals surface area contributed by atoms with E-state index in [1.54, 1.807) is 6.20 Å². The second-order valence-electron chi connectivity index (χ2n) is 4.39. The van der Waals surface area contributed by atoms with Crippen molar-refractivity contribution in [3.05, 3.63) is 42.1 Å². The highest BCUT2D eigenvalue weighted by Gasteiger charge is 2.21. The second kappa shape index (κ2) is 5.14. The number of hydrogen-bond acceptors (Lipinski definition) is 5. The molecule has 0 fully saturated rings. The Balaban J connectivity index is 1.84. The zero-order chi connectivity index (χ0) is 13.1. The molecule has 5 heteroatoms. The summed E-state index contributed by atoms with van der Waals surface area (Å²) in [4.78, 5) is 8.49. The van der Waals surface area contributed by atoms with Gasteiger partial charge in [0.1, 0.15) is 11.6 Å². The summed E-state index contributed by atoms with van der Waals surface area (Å²) >= 11 is 0. The quantitative estimate of drug-likeness (QED) is 0.883. The van der Waals surface area contributed by atoms with E-state index in [0.717, 1.165) is 24.6 Å². The average Bonchev–Trinajstić information content (AvgIpc) is 2.48. The Morgan fingerprint density at radius 1 is 1.26 bits per heavy atom. The molecule has 0 aliphatic carbocycles. The van der Waals surface area contributed by atoms with Crippen molar-refractivity contribution >= 4 is 11.8 Å². The zero-order valence-electron chi connectivity index (χ0n) is 10.8. The van der Waals surface area contributed by atoms with Gasteiger partial charge in [-0.25, -0.2) is 4.98 Å². The number of aromatic nitrogens is 2. The first-order valence-electron chi connectivity index (χ1n) is 6.36. The molecule has 2 N–H and O–H groups in total. The summed E-state index contributed by atoms with van der Waals surface area (Å²) in [5.74, 6) is 2.39. The van der Waals surface area contributed by atoms with Crippen LogP contribution in [-0.4, -0.2) is 23.6 Å². The maximum Gasteiger partial charge on any atom is 0.224 e. The largest absolute Gasteiger partial charge is 0.493 e. The molecule has 3 rings (SSSR count). The summed E-state index contributed by atoms with van der Waals surface area (Å²) < 4.78 is 5.65. The first kappa shape index (κ1) is 11.8. The van der Waals surface area contributed by atoms with Crippen LogP contribution in [0.2, 0.25) is 0 Å². The van der Waals surface area contributed by atoms with E-state index >= 15 is 0 Å². The van der Waals surface area contributed by atoms with Gasteiger partial charge >= 0.3 is 0 Å². The van der Waals surface area contributed by atoms with E-state index in [9.17, 15) is 0 Å². The SMILES string of the molecule is CNc1nccc(NC2CCOc3ccccc32)n1. The fourth-order valence-electron chi connectivity index (χ4n) is 2.23. The van der Waals surface area contributed by atoms with E-state index in [1.165, 1.54) is 5.56 Å². The molecule has 0 saturated carbocycles. The van der Waals surface area contributed by atoms with Gasteiger partial charge in [-0.1, -0.05) is 18.2 Å². The van der Waals surface area contributed by atoms with Crippen LogP contribution in [0.25, 0.3) is 0 Å². The van der Waals surface area contributed by atoms with Crippen molar-refractivity contribution in [2.75, 3.05) is 24.3 Å². The highest BCUT2D eigenvalue weighted by molar-refractivity contribution is 5.46.